The Balaban J connectivity index is 1.41. The van der Waals surface area contributed by atoms with Crippen LogP contribution < -0.4 is 0 Å². The van der Waals surface area contributed by atoms with E-state index in [9.17, 15) is 10.2 Å². The van der Waals surface area contributed by atoms with Gasteiger partial charge < -0.3 is 19.6 Å². The van der Waals surface area contributed by atoms with Crippen LogP contribution in [0.25, 0.3) is 11.4 Å². The van der Waals surface area contributed by atoms with Crippen molar-refractivity contribution in [2.45, 2.75) is 56.7 Å². The second-order valence-corrected chi connectivity index (χ2v) is 11.7. The third kappa shape index (κ3) is 3.03. The maximum absolute atomic E-state index is 12.5. The van der Waals surface area contributed by atoms with E-state index in [4.69, 9.17) is 4.52 Å². The SMILES string of the molecule is CN1CC(C)([C@](O)(c2ccc(C34CC(C3)C4)cc2)c2cncc(-c3noc(C(C)(C)O)n3)c2)C1. The molecule has 178 valence electrons. The van der Waals surface area contributed by atoms with Crippen LogP contribution in [0.15, 0.2) is 47.2 Å². The lowest BCUT2D eigenvalue weighted by atomic mass is 9.42. The molecule has 2 aromatic heterocycles. The Bertz CT molecular complexity index is 1220. The third-order valence-corrected chi connectivity index (χ3v) is 8.43. The van der Waals surface area contributed by atoms with Crippen LogP contribution in [-0.4, -0.2) is 50.4 Å². The summed E-state index contributed by atoms with van der Waals surface area (Å²) >= 11 is 0. The standard InChI is InChI=1S/C27H32N4O3/c1-24(2,32)23-29-22(30-34-23)18-9-21(14-28-13-18)27(33,25(3)15-31(4)16-25)20-7-5-19(6-8-20)26-10-17(11-26)12-26/h5-9,13-14,17,32-33H,10-12,15-16H2,1-4H3/t17?,26?,27-/m0/s1. The zero-order valence-electron chi connectivity index (χ0n) is 20.2. The molecule has 34 heavy (non-hydrogen) atoms. The maximum Gasteiger partial charge on any atom is 0.258 e. The molecule has 1 aliphatic heterocycles. The summed E-state index contributed by atoms with van der Waals surface area (Å²) in [5.41, 5.74) is 1.16. The second kappa shape index (κ2) is 6.97. The van der Waals surface area contributed by atoms with Crippen molar-refractivity contribution in [1.82, 2.24) is 20.0 Å². The van der Waals surface area contributed by atoms with Crippen LogP contribution >= 0.6 is 0 Å². The first-order chi connectivity index (χ1) is 16.0. The summed E-state index contributed by atoms with van der Waals surface area (Å²) in [4.78, 5) is 11.0. The second-order valence-electron chi connectivity index (χ2n) is 11.7. The molecule has 0 unspecified atom stereocenters. The van der Waals surface area contributed by atoms with Gasteiger partial charge in [-0.2, -0.15) is 4.98 Å². The monoisotopic (exact) mass is 460 g/mol. The number of aliphatic hydroxyl groups is 2. The predicted molar refractivity (Wildman–Crippen MR) is 127 cm³/mol. The number of pyridine rings is 1. The van der Waals surface area contributed by atoms with Crippen molar-refractivity contribution in [1.29, 1.82) is 0 Å². The van der Waals surface area contributed by atoms with E-state index < -0.39 is 11.2 Å². The van der Waals surface area contributed by atoms with Crippen molar-refractivity contribution in [3.63, 3.8) is 0 Å². The fraction of sp³-hybridized carbons (Fsp3) is 0.519. The number of aromatic nitrogens is 3. The first kappa shape index (κ1) is 21.9. The first-order valence-electron chi connectivity index (χ1n) is 12.1. The van der Waals surface area contributed by atoms with Crippen molar-refractivity contribution in [3.05, 3.63) is 65.3 Å². The molecule has 1 atom stereocenters. The molecule has 0 spiro atoms. The van der Waals surface area contributed by atoms with Gasteiger partial charge in [0.05, 0.1) is 0 Å². The van der Waals surface area contributed by atoms with Crippen LogP contribution in [0.3, 0.4) is 0 Å². The van der Waals surface area contributed by atoms with Gasteiger partial charge in [0.15, 0.2) is 0 Å². The molecule has 2 N–H and O–H groups in total. The first-order valence-corrected chi connectivity index (χ1v) is 12.1. The Kier molecular flexibility index (Phi) is 4.48. The van der Waals surface area contributed by atoms with Gasteiger partial charge in [-0.3, -0.25) is 4.98 Å². The summed E-state index contributed by atoms with van der Waals surface area (Å²) < 4.78 is 5.26. The Morgan fingerprint density at radius 1 is 1.03 bits per heavy atom. The van der Waals surface area contributed by atoms with E-state index in [1.54, 1.807) is 26.2 Å². The summed E-state index contributed by atoms with van der Waals surface area (Å²) in [5.74, 6) is 1.40. The summed E-state index contributed by atoms with van der Waals surface area (Å²) in [6, 6.07) is 10.5. The highest BCUT2D eigenvalue weighted by atomic mass is 16.5. The highest BCUT2D eigenvalue weighted by Crippen LogP contribution is 2.65. The molecule has 4 aliphatic rings. The van der Waals surface area contributed by atoms with E-state index >= 15 is 0 Å². The van der Waals surface area contributed by atoms with E-state index in [-0.39, 0.29) is 11.3 Å². The van der Waals surface area contributed by atoms with Crippen LogP contribution in [0.1, 0.15) is 62.6 Å². The molecule has 2 bridgehead atoms. The fourth-order valence-corrected chi connectivity index (χ4v) is 6.48. The molecular formula is C27H32N4O3. The van der Waals surface area contributed by atoms with Crippen LogP contribution in [0.4, 0.5) is 0 Å². The normalized spacial score (nSPS) is 27.3. The van der Waals surface area contributed by atoms with Crippen LogP contribution in [0.5, 0.6) is 0 Å². The number of hydrogen-bond acceptors (Lipinski definition) is 7. The van der Waals surface area contributed by atoms with Crippen molar-refractivity contribution in [2.75, 3.05) is 20.1 Å². The van der Waals surface area contributed by atoms with E-state index in [1.807, 2.05) is 6.07 Å². The van der Waals surface area contributed by atoms with Crippen LogP contribution in [0.2, 0.25) is 0 Å². The number of hydrogen-bond donors (Lipinski definition) is 2. The smallest absolute Gasteiger partial charge is 0.258 e. The van der Waals surface area contributed by atoms with Gasteiger partial charge in [-0.05, 0) is 68.7 Å². The summed E-state index contributed by atoms with van der Waals surface area (Å²) in [5, 5.41) is 26.7. The van der Waals surface area contributed by atoms with E-state index in [2.05, 4.69) is 58.3 Å². The molecule has 1 saturated heterocycles. The number of rotatable bonds is 6. The molecule has 3 heterocycles. The van der Waals surface area contributed by atoms with Gasteiger partial charge in [-0.1, -0.05) is 36.3 Å². The lowest BCUT2D eigenvalue weighted by molar-refractivity contribution is -0.127. The van der Waals surface area contributed by atoms with E-state index in [0.29, 0.717) is 22.4 Å². The highest BCUT2D eigenvalue weighted by Gasteiger charge is 2.58. The Labute approximate surface area is 199 Å². The van der Waals surface area contributed by atoms with Crippen molar-refractivity contribution >= 4 is 0 Å². The number of benzene rings is 1. The molecule has 4 fully saturated rings. The number of likely N-dealkylation sites (tertiary alicyclic amines) is 1. The summed E-state index contributed by atoms with van der Waals surface area (Å²) in [6.07, 6.45) is 7.32. The van der Waals surface area contributed by atoms with Gasteiger partial charge in [0.2, 0.25) is 5.82 Å². The lowest BCUT2D eigenvalue weighted by Gasteiger charge is -2.62. The average Bonchev–Trinajstić information content (AvgIpc) is 3.21. The summed E-state index contributed by atoms with van der Waals surface area (Å²) in [7, 11) is 2.07. The highest BCUT2D eigenvalue weighted by molar-refractivity contribution is 5.56. The lowest BCUT2D eigenvalue weighted by Crippen LogP contribution is -2.63. The van der Waals surface area contributed by atoms with Crippen molar-refractivity contribution < 1.29 is 14.7 Å². The third-order valence-electron chi connectivity index (χ3n) is 8.43. The van der Waals surface area contributed by atoms with E-state index in [0.717, 1.165) is 24.6 Å². The molecule has 0 radical (unpaired) electrons. The van der Waals surface area contributed by atoms with Gasteiger partial charge in [0, 0.05) is 42.0 Å². The minimum absolute atomic E-state index is 0.139. The molecule has 3 aromatic rings. The van der Waals surface area contributed by atoms with Gasteiger partial charge >= 0.3 is 0 Å². The minimum atomic E-state index is -1.23. The maximum atomic E-state index is 12.5. The Morgan fingerprint density at radius 2 is 1.71 bits per heavy atom. The molecular weight excluding hydrogens is 428 g/mol. The minimum Gasteiger partial charge on any atom is -0.381 e. The fourth-order valence-electron chi connectivity index (χ4n) is 6.48. The molecule has 7 nitrogen and oxygen atoms in total. The Hall–Kier alpha value is -2.61. The zero-order chi connectivity index (χ0) is 23.9. The van der Waals surface area contributed by atoms with Gasteiger partial charge in [-0.15, -0.1) is 0 Å². The van der Waals surface area contributed by atoms with E-state index in [1.165, 1.54) is 24.8 Å². The van der Waals surface area contributed by atoms with Crippen LogP contribution in [-0.2, 0) is 16.6 Å². The molecule has 3 aliphatic carbocycles. The molecule has 7 heteroatoms. The molecule has 3 saturated carbocycles. The average molecular weight is 461 g/mol. The van der Waals surface area contributed by atoms with Crippen LogP contribution in [0, 0.1) is 11.3 Å². The van der Waals surface area contributed by atoms with Gasteiger partial charge in [0.1, 0.15) is 11.2 Å². The Morgan fingerprint density at radius 3 is 2.24 bits per heavy atom. The number of nitrogens with zero attached hydrogens (tertiary/aromatic N) is 4. The van der Waals surface area contributed by atoms with Gasteiger partial charge in [0.25, 0.3) is 5.89 Å². The zero-order valence-corrected chi connectivity index (χ0v) is 20.2. The van der Waals surface area contributed by atoms with Crippen molar-refractivity contribution in [2.24, 2.45) is 11.3 Å². The topological polar surface area (TPSA) is 95.5 Å². The summed E-state index contributed by atoms with van der Waals surface area (Å²) in [6.45, 7) is 6.87. The molecule has 1 aromatic carbocycles. The quantitative estimate of drug-likeness (QED) is 0.580. The van der Waals surface area contributed by atoms with Gasteiger partial charge in [-0.25, -0.2) is 0 Å². The predicted octanol–water partition coefficient (Wildman–Crippen LogP) is 3.60. The van der Waals surface area contributed by atoms with Crippen molar-refractivity contribution in [3.8, 4) is 11.4 Å². The molecule has 0 amide bonds. The largest absolute Gasteiger partial charge is 0.381 e. The molecule has 7 rings (SSSR count).